The summed E-state index contributed by atoms with van der Waals surface area (Å²) in [5.74, 6) is 2.92. The highest BCUT2D eigenvalue weighted by atomic mass is 16.5. The molecule has 0 radical (unpaired) electrons. The molecule has 0 unspecified atom stereocenters. The minimum Gasteiger partial charge on any atom is -0.467 e. The van der Waals surface area contributed by atoms with Crippen LogP contribution in [0.3, 0.4) is 0 Å². The second-order valence-electron chi connectivity index (χ2n) is 4.15. The molecule has 2 heterocycles. The van der Waals surface area contributed by atoms with Crippen LogP contribution in [0.1, 0.15) is 36.8 Å². The lowest BCUT2D eigenvalue weighted by atomic mass is 10.2. The third-order valence-corrected chi connectivity index (χ3v) is 2.50. The van der Waals surface area contributed by atoms with Gasteiger partial charge in [-0.2, -0.15) is 0 Å². The summed E-state index contributed by atoms with van der Waals surface area (Å²) in [5.41, 5.74) is 1.14. The Kier molecular flexibility index (Phi) is 2.99. The molecule has 2 aromatic rings. The van der Waals surface area contributed by atoms with E-state index in [2.05, 4.69) is 24.3 Å². The third kappa shape index (κ3) is 2.27. The van der Waals surface area contributed by atoms with E-state index in [9.17, 15) is 0 Å². The Morgan fingerprint density at radius 2 is 2.25 bits per heavy atom. The van der Waals surface area contributed by atoms with Crippen molar-refractivity contribution in [2.75, 3.05) is 5.32 Å². The van der Waals surface area contributed by atoms with E-state index >= 15 is 0 Å². The normalized spacial score (nSPS) is 11.0. The number of anilines is 1. The van der Waals surface area contributed by atoms with Crippen LogP contribution in [0.5, 0.6) is 0 Å². The monoisotopic (exact) mass is 220 g/mol. The van der Waals surface area contributed by atoms with Crippen LogP contribution in [-0.2, 0) is 6.54 Å². The Hall–Kier alpha value is -1.71. The van der Waals surface area contributed by atoms with Crippen LogP contribution in [0.15, 0.2) is 27.3 Å². The SMILES string of the molecule is Cc1ccoc1CNc1cc(C(C)C)on1. The largest absolute Gasteiger partial charge is 0.467 e. The van der Waals surface area contributed by atoms with Crippen LogP contribution >= 0.6 is 0 Å². The number of furan rings is 1. The summed E-state index contributed by atoms with van der Waals surface area (Å²) in [5, 5.41) is 7.10. The molecule has 0 aliphatic carbocycles. The van der Waals surface area contributed by atoms with Crippen molar-refractivity contribution in [2.45, 2.75) is 33.2 Å². The van der Waals surface area contributed by atoms with Gasteiger partial charge in [-0.25, -0.2) is 0 Å². The average molecular weight is 220 g/mol. The Bertz CT molecular complexity index is 457. The smallest absolute Gasteiger partial charge is 0.170 e. The first kappa shape index (κ1) is 10.8. The summed E-state index contributed by atoms with van der Waals surface area (Å²) in [4.78, 5) is 0. The van der Waals surface area contributed by atoms with Crippen LogP contribution in [0, 0.1) is 6.92 Å². The van der Waals surface area contributed by atoms with E-state index in [1.165, 1.54) is 0 Å². The molecular weight excluding hydrogens is 204 g/mol. The first-order valence-electron chi connectivity index (χ1n) is 5.40. The van der Waals surface area contributed by atoms with Crippen molar-refractivity contribution in [1.29, 1.82) is 0 Å². The molecule has 0 amide bonds. The van der Waals surface area contributed by atoms with E-state index in [1.54, 1.807) is 6.26 Å². The molecule has 2 aromatic heterocycles. The first-order valence-corrected chi connectivity index (χ1v) is 5.40. The number of nitrogens with one attached hydrogen (secondary N) is 1. The molecule has 0 bridgehead atoms. The second kappa shape index (κ2) is 4.43. The Morgan fingerprint density at radius 3 is 2.81 bits per heavy atom. The van der Waals surface area contributed by atoms with Gasteiger partial charge in [0.1, 0.15) is 11.5 Å². The Morgan fingerprint density at radius 1 is 1.44 bits per heavy atom. The average Bonchev–Trinajstić information content (AvgIpc) is 2.83. The fourth-order valence-electron chi connectivity index (χ4n) is 1.40. The summed E-state index contributed by atoms with van der Waals surface area (Å²) in [7, 11) is 0. The lowest BCUT2D eigenvalue weighted by molar-refractivity contribution is 0.373. The van der Waals surface area contributed by atoms with Gasteiger partial charge >= 0.3 is 0 Å². The standard InChI is InChI=1S/C12H16N2O2/c1-8(2)10-6-12(14-16-10)13-7-11-9(3)4-5-15-11/h4-6,8H,7H2,1-3H3,(H,13,14). The minimum absolute atomic E-state index is 0.355. The molecule has 16 heavy (non-hydrogen) atoms. The second-order valence-corrected chi connectivity index (χ2v) is 4.15. The van der Waals surface area contributed by atoms with E-state index in [1.807, 2.05) is 19.1 Å². The number of aryl methyl sites for hydroxylation is 1. The Balaban J connectivity index is 1.97. The lowest BCUT2D eigenvalue weighted by Gasteiger charge is -1.99. The van der Waals surface area contributed by atoms with Gasteiger partial charge in [0.05, 0.1) is 12.8 Å². The molecule has 0 saturated carbocycles. The predicted octanol–water partition coefficient (Wildman–Crippen LogP) is 3.31. The number of rotatable bonds is 4. The van der Waals surface area contributed by atoms with Crippen molar-refractivity contribution in [3.05, 3.63) is 35.5 Å². The molecule has 0 aromatic carbocycles. The highest BCUT2D eigenvalue weighted by molar-refractivity contribution is 5.35. The summed E-state index contributed by atoms with van der Waals surface area (Å²) in [6.07, 6.45) is 1.69. The van der Waals surface area contributed by atoms with Crippen molar-refractivity contribution in [3.63, 3.8) is 0 Å². The van der Waals surface area contributed by atoms with Gasteiger partial charge in [0.2, 0.25) is 0 Å². The number of hydrogen-bond acceptors (Lipinski definition) is 4. The van der Waals surface area contributed by atoms with Gasteiger partial charge in [-0.05, 0) is 18.6 Å². The van der Waals surface area contributed by atoms with Crippen molar-refractivity contribution in [2.24, 2.45) is 0 Å². The molecule has 0 fully saturated rings. The highest BCUT2D eigenvalue weighted by Gasteiger charge is 2.08. The van der Waals surface area contributed by atoms with E-state index in [0.29, 0.717) is 12.5 Å². The molecular formula is C12H16N2O2. The van der Waals surface area contributed by atoms with Crippen molar-refractivity contribution >= 4 is 5.82 Å². The fourth-order valence-corrected chi connectivity index (χ4v) is 1.40. The van der Waals surface area contributed by atoms with Crippen LogP contribution in [0.4, 0.5) is 5.82 Å². The molecule has 2 rings (SSSR count). The van der Waals surface area contributed by atoms with Crippen LogP contribution in [-0.4, -0.2) is 5.16 Å². The maximum Gasteiger partial charge on any atom is 0.170 e. The molecule has 1 N–H and O–H groups in total. The minimum atomic E-state index is 0.355. The summed E-state index contributed by atoms with van der Waals surface area (Å²) in [6.45, 7) is 6.79. The highest BCUT2D eigenvalue weighted by Crippen LogP contribution is 2.18. The van der Waals surface area contributed by atoms with E-state index in [4.69, 9.17) is 8.94 Å². The number of nitrogens with zero attached hydrogens (tertiary/aromatic N) is 1. The molecule has 4 heteroatoms. The van der Waals surface area contributed by atoms with Crippen molar-refractivity contribution in [1.82, 2.24) is 5.16 Å². The summed E-state index contributed by atoms with van der Waals surface area (Å²) >= 11 is 0. The summed E-state index contributed by atoms with van der Waals surface area (Å²) < 4.78 is 10.5. The molecule has 0 spiro atoms. The van der Waals surface area contributed by atoms with Gasteiger partial charge in [0.15, 0.2) is 5.82 Å². The van der Waals surface area contributed by atoms with Gasteiger partial charge in [0.25, 0.3) is 0 Å². The molecule has 0 aliphatic rings. The van der Waals surface area contributed by atoms with E-state index < -0.39 is 0 Å². The van der Waals surface area contributed by atoms with E-state index in [-0.39, 0.29) is 0 Å². The van der Waals surface area contributed by atoms with Crippen molar-refractivity contribution in [3.8, 4) is 0 Å². The molecule has 0 saturated heterocycles. The maximum absolute atomic E-state index is 5.32. The zero-order valence-electron chi connectivity index (χ0n) is 9.78. The van der Waals surface area contributed by atoms with Crippen LogP contribution in [0.2, 0.25) is 0 Å². The zero-order chi connectivity index (χ0) is 11.5. The van der Waals surface area contributed by atoms with Gasteiger partial charge in [0, 0.05) is 12.0 Å². The zero-order valence-corrected chi connectivity index (χ0v) is 9.78. The quantitative estimate of drug-likeness (QED) is 0.858. The summed E-state index contributed by atoms with van der Waals surface area (Å²) in [6, 6.07) is 3.86. The third-order valence-electron chi connectivity index (χ3n) is 2.50. The Labute approximate surface area is 94.6 Å². The fraction of sp³-hybridized carbons (Fsp3) is 0.417. The topological polar surface area (TPSA) is 51.2 Å². The molecule has 4 nitrogen and oxygen atoms in total. The van der Waals surface area contributed by atoms with Crippen LogP contribution in [0.25, 0.3) is 0 Å². The van der Waals surface area contributed by atoms with Gasteiger partial charge in [-0.15, -0.1) is 0 Å². The van der Waals surface area contributed by atoms with Crippen molar-refractivity contribution < 1.29 is 8.94 Å². The molecule has 0 aliphatic heterocycles. The van der Waals surface area contributed by atoms with Gasteiger partial charge in [-0.1, -0.05) is 19.0 Å². The van der Waals surface area contributed by atoms with Crippen LogP contribution < -0.4 is 5.32 Å². The van der Waals surface area contributed by atoms with E-state index in [0.717, 1.165) is 22.9 Å². The molecule has 86 valence electrons. The first-order chi connectivity index (χ1) is 7.66. The predicted molar refractivity (Wildman–Crippen MR) is 61.4 cm³/mol. The lowest BCUT2D eigenvalue weighted by Crippen LogP contribution is -1.99. The maximum atomic E-state index is 5.32. The van der Waals surface area contributed by atoms with Gasteiger partial charge in [-0.3, -0.25) is 0 Å². The van der Waals surface area contributed by atoms with Gasteiger partial charge < -0.3 is 14.3 Å². The number of aromatic nitrogens is 1. The molecule has 0 atom stereocenters. The number of hydrogen-bond donors (Lipinski definition) is 1.